The topological polar surface area (TPSA) is 75.6 Å². The van der Waals surface area contributed by atoms with Crippen LogP contribution >= 0.6 is 11.6 Å². The van der Waals surface area contributed by atoms with E-state index in [1.807, 2.05) is 0 Å². The van der Waals surface area contributed by atoms with E-state index in [0.29, 0.717) is 22.7 Å². The lowest BCUT2D eigenvalue weighted by atomic mass is 10.2. The Morgan fingerprint density at radius 3 is 2.94 bits per heavy atom. The predicted octanol–water partition coefficient (Wildman–Crippen LogP) is 1.05. The Hall–Kier alpha value is -1.75. The average molecular weight is 244 g/mol. The van der Waals surface area contributed by atoms with Crippen LogP contribution in [0.2, 0.25) is 5.02 Å². The number of ether oxygens (including phenoxy) is 1. The van der Waals surface area contributed by atoms with Crippen molar-refractivity contribution in [2.24, 2.45) is 0 Å². The summed E-state index contributed by atoms with van der Waals surface area (Å²) in [5.41, 5.74) is 0.626. The van der Waals surface area contributed by atoms with Crippen molar-refractivity contribution < 1.29 is 19.4 Å². The van der Waals surface area contributed by atoms with E-state index in [-0.39, 0.29) is 6.54 Å². The van der Waals surface area contributed by atoms with Crippen LogP contribution in [0.1, 0.15) is 5.56 Å². The second-order valence-corrected chi connectivity index (χ2v) is 3.37. The first kappa shape index (κ1) is 12.3. The third-order valence-corrected chi connectivity index (χ3v) is 1.98. The summed E-state index contributed by atoms with van der Waals surface area (Å²) in [5, 5.41) is 11.4. The lowest BCUT2D eigenvalue weighted by Crippen LogP contribution is -2.14. The molecule has 0 heterocycles. The number of benzene rings is 1. The van der Waals surface area contributed by atoms with Gasteiger partial charge < -0.3 is 15.2 Å². The molecule has 0 spiro atoms. The Labute approximate surface area is 97.0 Å². The molecule has 0 atom stereocenters. The van der Waals surface area contributed by atoms with Gasteiger partial charge in [-0.2, -0.15) is 0 Å². The Morgan fingerprint density at radius 1 is 1.56 bits per heavy atom. The maximum Gasteiger partial charge on any atom is 0.341 e. The van der Waals surface area contributed by atoms with E-state index in [1.54, 1.807) is 18.2 Å². The molecule has 0 unspecified atom stereocenters. The SMILES string of the molecule is O=CNCc1cc(Cl)ccc1OCC(=O)O. The molecule has 16 heavy (non-hydrogen) atoms. The molecule has 0 aliphatic rings. The summed E-state index contributed by atoms with van der Waals surface area (Å²) < 4.78 is 5.04. The fraction of sp³-hybridized carbons (Fsp3) is 0.200. The first-order valence-corrected chi connectivity index (χ1v) is 4.81. The normalized spacial score (nSPS) is 9.56. The molecule has 2 N–H and O–H groups in total. The van der Waals surface area contributed by atoms with E-state index < -0.39 is 12.6 Å². The number of carboxylic acids is 1. The standard InChI is InChI=1S/C10H10ClNO4/c11-8-1-2-9(16-5-10(14)15)7(3-8)4-12-6-13/h1-3,6H,4-5H2,(H,12,13)(H,14,15). The molecule has 1 rings (SSSR count). The van der Waals surface area contributed by atoms with Crippen LogP contribution in [0.5, 0.6) is 5.75 Å². The van der Waals surface area contributed by atoms with Crippen LogP contribution in [0, 0.1) is 0 Å². The second kappa shape index (κ2) is 5.97. The van der Waals surface area contributed by atoms with E-state index >= 15 is 0 Å². The van der Waals surface area contributed by atoms with Crippen LogP contribution in [0.15, 0.2) is 18.2 Å². The van der Waals surface area contributed by atoms with Gasteiger partial charge in [0.25, 0.3) is 0 Å². The summed E-state index contributed by atoms with van der Waals surface area (Å²) in [6.07, 6.45) is 0.544. The van der Waals surface area contributed by atoms with Crippen LogP contribution in [0.3, 0.4) is 0 Å². The van der Waals surface area contributed by atoms with Crippen molar-refractivity contribution in [1.29, 1.82) is 0 Å². The number of rotatable bonds is 6. The van der Waals surface area contributed by atoms with Crippen LogP contribution in [-0.2, 0) is 16.1 Å². The maximum atomic E-state index is 10.3. The smallest absolute Gasteiger partial charge is 0.341 e. The molecular weight excluding hydrogens is 234 g/mol. The number of amides is 1. The highest BCUT2D eigenvalue weighted by Gasteiger charge is 2.06. The van der Waals surface area contributed by atoms with Gasteiger partial charge in [-0.25, -0.2) is 4.79 Å². The summed E-state index contributed by atoms with van der Waals surface area (Å²) in [6, 6.07) is 4.76. The molecular formula is C10H10ClNO4. The molecule has 0 fully saturated rings. The number of nitrogens with one attached hydrogen (secondary N) is 1. The van der Waals surface area contributed by atoms with Crippen molar-refractivity contribution in [2.45, 2.75) is 6.54 Å². The van der Waals surface area contributed by atoms with Crippen molar-refractivity contribution in [1.82, 2.24) is 5.32 Å². The fourth-order valence-electron chi connectivity index (χ4n) is 1.12. The zero-order chi connectivity index (χ0) is 12.0. The van der Waals surface area contributed by atoms with Crippen molar-refractivity contribution >= 4 is 24.0 Å². The number of carbonyl (C=O) groups excluding carboxylic acids is 1. The minimum absolute atomic E-state index is 0.235. The molecule has 0 bridgehead atoms. The quantitative estimate of drug-likeness (QED) is 0.733. The van der Waals surface area contributed by atoms with Gasteiger partial charge in [0.15, 0.2) is 6.61 Å². The van der Waals surface area contributed by atoms with Gasteiger partial charge in [0, 0.05) is 17.1 Å². The molecule has 5 nitrogen and oxygen atoms in total. The van der Waals surface area contributed by atoms with E-state index in [4.69, 9.17) is 21.4 Å². The van der Waals surface area contributed by atoms with Gasteiger partial charge in [0.1, 0.15) is 5.75 Å². The minimum atomic E-state index is -1.07. The highest BCUT2D eigenvalue weighted by atomic mass is 35.5. The van der Waals surface area contributed by atoms with E-state index in [9.17, 15) is 9.59 Å². The fourth-order valence-corrected chi connectivity index (χ4v) is 1.31. The summed E-state index contributed by atoms with van der Waals surface area (Å²) in [6.45, 7) is -0.200. The molecule has 0 radical (unpaired) electrons. The lowest BCUT2D eigenvalue weighted by molar-refractivity contribution is -0.139. The highest BCUT2D eigenvalue weighted by Crippen LogP contribution is 2.22. The summed E-state index contributed by atoms with van der Waals surface area (Å²) in [7, 11) is 0. The van der Waals surface area contributed by atoms with Gasteiger partial charge in [0.2, 0.25) is 6.41 Å². The van der Waals surface area contributed by atoms with Crippen LogP contribution < -0.4 is 10.1 Å². The number of hydrogen-bond donors (Lipinski definition) is 2. The van der Waals surface area contributed by atoms with Gasteiger partial charge in [-0.3, -0.25) is 4.79 Å². The third-order valence-electron chi connectivity index (χ3n) is 1.75. The molecule has 0 aromatic heterocycles. The Bertz CT molecular complexity index is 394. The van der Waals surface area contributed by atoms with Gasteiger partial charge in [0.05, 0.1) is 0 Å². The van der Waals surface area contributed by atoms with Crippen LogP contribution in [0.4, 0.5) is 0 Å². The monoisotopic (exact) mass is 243 g/mol. The first-order chi connectivity index (χ1) is 7.63. The van der Waals surface area contributed by atoms with Crippen molar-refractivity contribution in [2.75, 3.05) is 6.61 Å². The van der Waals surface area contributed by atoms with E-state index in [2.05, 4.69) is 5.32 Å². The number of hydrogen-bond acceptors (Lipinski definition) is 3. The summed E-state index contributed by atoms with van der Waals surface area (Å²) >= 11 is 5.77. The molecule has 0 aliphatic carbocycles. The maximum absolute atomic E-state index is 10.3. The zero-order valence-electron chi connectivity index (χ0n) is 8.27. The van der Waals surface area contributed by atoms with E-state index in [0.717, 1.165) is 0 Å². The summed E-state index contributed by atoms with van der Waals surface area (Å²) in [5.74, 6) is -0.676. The number of carboxylic acid groups (broad SMARTS) is 1. The molecule has 1 aromatic rings. The second-order valence-electron chi connectivity index (χ2n) is 2.93. The number of carbonyl (C=O) groups is 2. The molecule has 0 aliphatic heterocycles. The van der Waals surface area contributed by atoms with Gasteiger partial charge >= 0.3 is 5.97 Å². The minimum Gasteiger partial charge on any atom is -0.482 e. The van der Waals surface area contributed by atoms with Crippen molar-refractivity contribution in [3.05, 3.63) is 28.8 Å². The largest absolute Gasteiger partial charge is 0.482 e. The Morgan fingerprint density at radius 2 is 2.31 bits per heavy atom. The molecule has 1 aromatic carbocycles. The van der Waals surface area contributed by atoms with E-state index in [1.165, 1.54) is 0 Å². The third kappa shape index (κ3) is 3.78. The van der Waals surface area contributed by atoms with Crippen LogP contribution in [0.25, 0.3) is 0 Å². The Balaban J connectivity index is 2.79. The zero-order valence-corrected chi connectivity index (χ0v) is 9.03. The average Bonchev–Trinajstić information content (AvgIpc) is 2.24. The highest BCUT2D eigenvalue weighted by molar-refractivity contribution is 6.30. The molecule has 86 valence electrons. The molecule has 6 heteroatoms. The van der Waals surface area contributed by atoms with Crippen LogP contribution in [-0.4, -0.2) is 24.1 Å². The number of halogens is 1. The lowest BCUT2D eigenvalue weighted by Gasteiger charge is -2.09. The number of aliphatic carboxylic acids is 1. The summed E-state index contributed by atoms with van der Waals surface area (Å²) in [4.78, 5) is 20.5. The van der Waals surface area contributed by atoms with Crippen molar-refractivity contribution in [3.8, 4) is 5.75 Å². The predicted molar refractivity (Wildman–Crippen MR) is 57.5 cm³/mol. The first-order valence-electron chi connectivity index (χ1n) is 4.43. The molecule has 0 saturated carbocycles. The van der Waals surface area contributed by atoms with Gasteiger partial charge in [-0.05, 0) is 18.2 Å². The Kier molecular flexibility index (Phi) is 4.60. The van der Waals surface area contributed by atoms with Gasteiger partial charge in [-0.15, -0.1) is 0 Å². The molecule has 0 saturated heterocycles. The van der Waals surface area contributed by atoms with Gasteiger partial charge in [-0.1, -0.05) is 11.6 Å². The van der Waals surface area contributed by atoms with Crippen molar-refractivity contribution in [3.63, 3.8) is 0 Å². The molecule has 1 amide bonds.